The van der Waals surface area contributed by atoms with E-state index in [-0.39, 0.29) is 95.5 Å². The first-order valence-corrected chi connectivity index (χ1v) is 11.4. The zero-order valence-electron chi connectivity index (χ0n) is 10.7. The van der Waals surface area contributed by atoms with Gasteiger partial charge in [0.2, 0.25) is 0 Å². The van der Waals surface area contributed by atoms with Crippen LogP contribution >= 0.6 is 21.6 Å². The Kier molecular flexibility index (Phi) is 19.4. The molecule has 0 aliphatic heterocycles. The maximum atomic E-state index is 10.5. The number of hydrogen-bond acceptors (Lipinski definition) is 8. The summed E-state index contributed by atoms with van der Waals surface area (Å²) in [6.45, 7) is 0. The van der Waals surface area contributed by atoms with E-state index in [9.17, 15) is 16.8 Å². The molecule has 0 aromatic rings. The van der Waals surface area contributed by atoms with Crippen molar-refractivity contribution >= 4 is 101 Å². The zero-order chi connectivity index (χ0) is 15.8. The van der Waals surface area contributed by atoms with Crippen LogP contribution < -0.4 is 11.5 Å². The fourth-order valence-corrected chi connectivity index (χ4v) is 4.74. The van der Waals surface area contributed by atoms with Crippen LogP contribution in [0.5, 0.6) is 0 Å². The standard InChI is InChI=1S/C8H20N2O6S4.2Na.2H/c9-7(1-3-19(11,12)13)5-17-18-6-8(10)2-4-20(14,15)16;;;;/h7-8H,1-6,9-10H2,(H,11,12,13)(H,14,15,16);;;;. The molecule has 2 atom stereocenters. The van der Waals surface area contributed by atoms with Crippen molar-refractivity contribution in [2.24, 2.45) is 11.5 Å². The number of nitrogens with two attached hydrogens (primary N) is 2. The molecule has 0 aliphatic rings. The van der Waals surface area contributed by atoms with Crippen molar-refractivity contribution in [2.45, 2.75) is 24.9 Å². The summed E-state index contributed by atoms with van der Waals surface area (Å²) in [5, 5.41) is 0. The van der Waals surface area contributed by atoms with E-state index in [2.05, 4.69) is 0 Å². The fraction of sp³-hybridized carbons (Fsp3) is 1.00. The minimum absolute atomic E-state index is 0. The van der Waals surface area contributed by atoms with Crippen LogP contribution in [0.25, 0.3) is 0 Å². The predicted octanol–water partition coefficient (Wildman–Crippen LogP) is -1.72. The van der Waals surface area contributed by atoms with Gasteiger partial charge < -0.3 is 11.5 Å². The molecule has 0 aliphatic carbocycles. The van der Waals surface area contributed by atoms with E-state index in [1.807, 2.05) is 0 Å². The van der Waals surface area contributed by atoms with Gasteiger partial charge in [-0.3, -0.25) is 9.11 Å². The average Bonchev–Trinajstić information content (AvgIpc) is 2.27. The first kappa shape index (κ1) is 29.2. The topological polar surface area (TPSA) is 161 Å². The molecule has 126 valence electrons. The second kappa shape index (κ2) is 14.6. The molecular weight excluding hydrogens is 394 g/mol. The van der Waals surface area contributed by atoms with Crippen LogP contribution in [0.4, 0.5) is 0 Å². The molecule has 0 saturated carbocycles. The molecule has 8 nitrogen and oxygen atoms in total. The molecule has 22 heavy (non-hydrogen) atoms. The van der Waals surface area contributed by atoms with Crippen LogP contribution in [-0.4, -0.2) is 120 Å². The number of hydrogen-bond donors (Lipinski definition) is 4. The van der Waals surface area contributed by atoms with Gasteiger partial charge in [-0.05, 0) is 12.8 Å². The van der Waals surface area contributed by atoms with Gasteiger partial charge >= 0.3 is 59.1 Å². The normalized spacial score (nSPS) is 14.5. The quantitative estimate of drug-likeness (QED) is 0.132. The molecule has 2 unspecified atom stereocenters. The van der Waals surface area contributed by atoms with Gasteiger partial charge in [-0.1, -0.05) is 21.6 Å². The van der Waals surface area contributed by atoms with Crippen LogP contribution in [0.15, 0.2) is 0 Å². The SMILES string of the molecule is NC(CCS(=O)(=O)O)CSSCC(N)CCS(=O)(=O)O.[NaH].[NaH]. The number of rotatable bonds is 11. The van der Waals surface area contributed by atoms with E-state index < -0.39 is 20.2 Å². The second-order valence-electron chi connectivity index (χ2n) is 4.24. The third-order valence-electron chi connectivity index (χ3n) is 2.14. The summed E-state index contributed by atoms with van der Waals surface area (Å²) in [5.41, 5.74) is 11.3. The average molecular weight is 417 g/mol. The Morgan fingerprint density at radius 2 is 1.05 bits per heavy atom. The van der Waals surface area contributed by atoms with Gasteiger partial charge in [0, 0.05) is 23.6 Å². The van der Waals surface area contributed by atoms with Crippen molar-refractivity contribution in [1.29, 1.82) is 0 Å². The zero-order valence-corrected chi connectivity index (χ0v) is 14.0. The first-order chi connectivity index (χ1) is 8.99. The van der Waals surface area contributed by atoms with E-state index >= 15 is 0 Å². The van der Waals surface area contributed by atoms with E-state index in [1.165, 1.54) is 21.6 Å². The van der Waals surface area contributed by atoms with Gasteiger partial charge in [-0.15, -0.1) is 0 Å². The van der Waals surface area contributed by atoms with Crippen molar-refractivity contribution in [3.8, 4) is 0 Å². The van der Waals surface area contributed by atoms with Gasteiger partial charge in [-0.25, -0.2) is 0 Å². The molecule has 0 saturated heterocycles. The van der Waals surface area contributed by atoms with Gasteiger partial charge in [0.05, 0.1) is 11.5 Å². The molecule has 0 radical (unpaired) electrons. The fourth-order valence-electron chi connectivity index (χ4n) is 1.04. The summed E-state index contributed by atoms with van der Waals surface area (Å²) < 4.78 is 59.1. The van der Waals surface area contributed by atoms with Gasteiger partial charge in [-0.2, -0.15) is 16.8 Å². The maximum absolute atomic E-state index is 10.5. The van der Waals surface area contributed by atoms with E-state index in [0.717, 1.165) is 0 Å². The molecule has 0 amide bonds. The molecular formula is C8H22N2Na2O6S4. The third-order valence-corrected chi connectivity index (χ3v) is 6.26. The molecule has 0 spiro atoms. The Morgan fingerprint density at radius 3 is 1.27 bits per heavy atom. The Morgan fingerprint density at radius 1 is 0.773 bits per heavy atom. The summed E-state index contributed by atoms with van der Waals surface area (Å²) in [4.78, 5) is 0. The summed E-state index contributed by atoms with van der Waals surface area (Å²) in [6.07, 6.45) is 0.336. The van der Waals surface area contributed by atoms with Gasteiger partial charge in [0.1, 0.15) is 0 Å². The monoisotopic (exact) mass is 416 g/mol. The summed E-state index contributed by atoms with van der Waals surface area (Å²) in [6, 6.07) is -0.716. The molecule has 0 aromatic heterocycles. The van der Waals surface area contributed by atoms with Crippen LogP contribution in [0, 0.1) is 0 Å². The third kappa shape index (κ3) is 22.4. The van der Waals surface area contributed by atoms with Crippen LogP contribution in [-0.2, 0) is 20.2 Å². The molecule has 6 N–H and O–H groups in total. The van der Waals surface area contributed by atoms with Crippen LogP contribution in [0.2, 0.25) is 0 Å². The molecule has 0 heterocycles. The van der Waals surface area contributed by atoms with Crippen molar-refractivity contribution in [3.63, 3.8) is 0 Å². The van der Waals surface area contributed by atoms with Gasteiger partial charge in [0.15, 0.2) is 0 Å². The molecule has 14 heteroatoms. The Balaban J connectivity index is -0.00000180. The first-order valence-electron chi connectivity index (χ1n) is 5.65. The van der Waals surface area contributed by atoms with Crippen LogP contribution in [0.3, 0.4) is 0 Å². The van der Waals surface area contributed by atoms with E-state index in [1.54, 1.807) is 0 Å². The van der Waals surface area contributed by atoms with Crippen molar-refractivity contribution in [1.82, 2.24) is 0 Å². The molecule has 0 aromatic carbocycles. The molecule has 0 fully saturated rings. The molecule has 0 rings (SSSR count). The Labute approximate surface area is 184 Å². The van der Waals surface area contributed by atoms with Crippen LogP contribution in [0.1, 0.15) is 12.8 Å². The van der Waals surface area contributed by atoms with Crippen molar-refractivity contribution < 1.29 is 25.9 Å². The Bertz CT molecular complexity index is 431. The van der Waals surface area contributed by atoms with E-state index in [4.69, 9.17) is 20.6 Å². The van der Waals surface area contributed by atoms with Crippen molar-refractivity contribution in [2.75, 3.05) is 23.0 Å². The summed E-state index contributed by atoms with van der Waals surface area (Å²) >= 11 is 0. The summed E-state index contributed by atoms with van der Waals surface area (Å²) in [7, 11) is -5.17. The van der Waals surface area contributed by atoms with Gasteiger partial charge in [0.25, 0.3) is 20.2 Å². The predicted molar refractivity (Wildman–Crippen MR) is 97.2 cm³/mol. The van der Waals surface area contributed by atoms with E-state index in [0.29, 0.717) is 11.5 Å². The Hall–Kier alpha value is 2.44. The molecule has 0 bridgehead atoms. The minimum atomic E-state index is -3.98. The summed E-state index contributed by atoms with van der Waals surface area (Å²) in [5.74, 6) is 0.247. The van der Waals surface area contributed by atoms with Crippen molar-refractivity contribution in [3.05, 3.63) is 0 Å². The second-order valence-corrected chi connectivity index (χ2v) is 9.94.